The number of nitrogens with zero attached hydrogens (tertiary/aromatic N) is 1. The van der Waals surface area contributed by atoms with Crippen LogP contribution >= 0.6 is 11.6 Å². The third-order valence-electron chi connectivity index (χ3n) is 2.92. The minimum Gasteiger partial charge on any atom is -0.482 e. The molecule has 5 heteroatoms. The largest absolute Gasteiger partial charge is 0.482 e. The van der Waals surface area contributed by atoms with E-state index in [9.17, 15) is 4.79 Å². The summed E-state index contributed by atoms with van der Waals surface area (Å²) < 4.78 is 5.59. The van der Waals surface area contributed by atoms with Crippen molar-refractivity contribution < 1.29 is 9.53 Å². The second-order valence-electron chi connectivity index (χ2n) is 4.12. The van der Waals surface area contributed by atoms with Crippen molar-refractivity contribution in [2.45, 2.75) is 20.3 Å². The zero-order valence-electron chi connectivity index (χ0n) is 11.5. The van der Waals surface area contributed by atoms with Gasteiger partial charge >= 0.3 is 0 Å². The number of halogens is 1. The number of carbonyl (C=O) groups excluding carboxylic acids is 1. The van der Waals surface area contributed by atoms with Crippen molar-refractivity contribution in [2.75, 3.05) is 26.2 Å². The number of ether oxygens (including phenoxy) is 1. The maximum absolute atomic E-state index is 11.9. The van der Waals surface area contributed by atoms with E-state index in [1.165, 1.54) is 0 Å². The number of hydrogen-bond donors (Lipinski definition) is 1. The smallest absolute Gasteiger partial charge is 0.260 e. The zero-order chi connectivity index (χ0) is 14.3. The van der Waals surface area contributed by atoms with E-state index < -0.39 is 0 Å². The monoisotopic (exact) mass is 284 g/mol. The molecule has 1 aromatic carbocycles. The minimum atomic E-state index is -0.0383. The highest BCUT2D eigenvalue weighted by Crippen LogP contribution is 2.28. The van der Waals surface area contributed by atoms with Crippen LogP contribution in [-0.4, -0.2) is 37.0 Å². The first kappa shape index (κ1) is 15.8. The summed E-state index contributed by atoms with van der Waals surface area (Å²) in [6, 6.07) is 5.52. The van der Waals surface area contributed by atoms with E-state index in [4.69, 9.17) is 22.1 Å². The molecule has 1 rings (SSSR count). The molecule has 0 aliphatic carbocycles. The molecule has 1 amide bonds. The van der Waals surface area contributed by atoms with E-state index in [2.05, 4.69) is 0 Å². The fourth-order valence-electron chi connectivity index (χ4n) is 1.87. The van der Waals surface area contributed by atoms with Gasteiger partial charge in [0.05, 0.1) is 5.02 Å². The van der Waals surface area contributed by atoms with Crippen LogP contribution < -0.4 is 10.5 Å². The normalized spacial score (nSPS) is 10.3. The second kappa shape index (κ2) is 8.02. The fraction of sp³-hybridized carbons (Fsp3) is 0.500. The Hall–Kier alpha value is -1.26. The van der Waals surface area contributed by atoms with Gasteiger partial charge < -0.3 is 15.4 Å². The maximum atomic E-state index is 11.9. The quantitative estimate of drug-likeness (QED) is 0.834. The number of likely N-dealkylation sites (N-methyl/N-ethyl adjacent to an activating group) is 1. The topological polar surface area (TPSA) is 55.6 Å². The molecular formula is C14H21ClN2O2. The summed E-state index contributed by atoms with van der Waals surface area (Å²) in [6.07, 6.45) is 0.676. The van der Waals surface area contributed by atoms with Crippen LogP contribution in [0.15, 0.2) is 18.2 Å². The standard InChI is InChI=1S/C14H21ClN2O2/c1-3-17(4-2)13(18)10-19-14-11(8-9-16)6-5-7-12(14)15/h5-7H,3-4,8-10,16H2,1-2H3. The summed E-state index contributed by atoms with van der Waals surface area (Å²) in [5.74, 6) is 0.527. The molecule has 0 bridgehead atoms. The lowest BCUT2D eigenvalue weighted by Gasteiger charge is -2.19. The predicted molar refractivity (Wildman–Crippen MR) is 77.6 cm³/mol. The second-order valence-corrected chi connectivity index (χ2v) is 4.53. The highest BCUT2D eigenvalue weighted by atomic mass is 35.5. The third kappa shape index (κ3) is 4.40. The lowest BCUT2D eigenvalue weighted by Crippen LogP contribution is -2.34. The van der Waals surface area contributed by atoms with Crippen molar-refractivity contribution in [1.82, 2.24) is 4.90 Å². The van der Waals surface area contributed by atoms with Gasteiger partial charge in [-0.2, -0.15) is 0 Å². The molecular weight excluding hydrogens is 264 g/mol. The Labute approximate surface area is 119 Å². The average molecular weight is 285 g/mol. The summed E-state index contributed by atoms with van der Waals surface area (Å²) in [4.78, 5) is 13.6. The number of para-hydroxylation sites is 1. The number of nitrogens with two attached hydrogens (primary N) is 1. The Balaban J connectivity index is 2.74. The van der Waals surface area contributed by atoms with Crippen molar-refractivity contribution in [1.29, 1.82) is 0 Å². The summed E-state index contributed by atoms with van der Waals surface area (Å²) in [6.45, 7) is 5.75. The molecule has 0 saturated carbocycles. The number of rotatable bonds is 7. The molecule has 0 unspecified atom stereocenters. The van der Waals surface area contributed by atoms with Crippen LogP contribution in [0.4, 0.5) is 0 Å². The van der Waals surface area contributed by atoms with Gasteiger partial charge in [0.15, 0.2) is 6.61 Å². The van der Waals surface area contributed by atoms with Gasteiger partial charge in [-0.1, -0.05) is 23.7 Å². The van der Waals surface area contributed by atoms with Gasteiger partial charge in [-0.25, -0.2) is 0 Å². The highest BCUT2D eigenvalue weighted by molar-refractivity contribution is 6.32. The van der Waals surface area contributed by atoms with Crippen LogP contribution in [0.1, 0.15) is 19.4 Å². The SMILES string of the molecule is CCN(CC)C(=O)COc1c(Cl)cccc1CCN. The van der Waals surface area contributed by atoms with Gasteiger partial charge in [-0.15, -0.1) is 0 Å². The van der Waals surface area contributed by atoms with E-state index in [1.54, 1.807) is 11.0 Å². The Kier molecular flexibility index (Phi) is 6.67. The van der Waals surface area contributed by atoms with Crippen LogP contribution in [0.3, 0.4) is 0 Å². The van der Waals surface area contributed by atoms with Gasteiger partial charge in [-0.05, 0) is 38.4 Å². The highest BCUT2D eigenvalue weighted by Gasteiger charge is 2.13. The van der Waals surface area contributed by atoms with Gasteiger partial charge in [0, 0.05) is 13.1 Å². The molecule has 0 atom stereocenters. The Morgan fingerprint density at radius 1 is 1.37 bits per heavy atom. The number of hydrogen-bond acceptors (Lipinski definition) is 3. The molecule has 0 heterocycles. The Morgan fingerprint density at radius 2 is 2.05 bits per heavy atom. The molecule has 0 spiro atoms. The van der Waals surface area contributed by atoms with E-state index in [0.29, 0.717) is 36.8 Å². The van der Waals surface area contributed by atoms with Gasteiger partial charge in [0.25, 0.3) is 5.91 Å². The zero-order valence-corrected chi connectivity index (χ0v) is 12.2. The molecule has 0 radical (unpaired) electrons. The van der Waals surface area contributed by atoms with Crippen molar-refractivity contribution in [3.63, 3.8) is 0 Å². The van der Waals surface area contributed by atoms with Crippen molar-refractivity contribution in [3.8, 4) is 5.75 Å². The molecule has 0 saturated heterocycles. The average Bonchev–Trinajstić information content (AvgIpc) is 2.40. The molecule has 0 aromatic heterocycles. The summed E-state index contributed by atoms with van der Waals surface area (Å²) in [5, 5.41) is 0.512. The molecule has 0 aliphatic heterocycles. The number of amides is 1. The van der Waals surface area contributed by atoms with Crippen LogP contribution in [-0.2, 0) is 11.2 Å². The summed E-state index contributed by atoms with van der Waals surface area (Å²) in [5.41, 5.74) is 6.49. The lowest BCUT2D eigenvalue weighted by molar-refractivity contribution is -0.132. The first-order valence-corrected chi connectivity index (χ1v) is 6.89. The van der Waals surface area contributed by atoms with Crippen LogP contribution in [0.5, 0.6) is 5.75 Å². The van der Waals surface area contributed by atoms with Gasteiger partial charge in [-0.3, -0.25) is 4.79 Å². The van der Waals surface area contributed by atoms with Gasteiger partial charge in [0.2, 0.25) is 0 Å². The number of carbonyl (C=O) groups is 1. The van der Waals surface area contributed by atoms with Crippen LogP contribution in [0, 0.1) is 0 Å². The van der Waals surface area contributed by atoms with E-state index in [0.717, 1.165) is 5.56 Å². The number of benzene rings is 1. The molecule has 19 heavy (non-hydrogen) atoms. The molecule has 1 aromatic rings. The predicted octanol–water partition coefficient (Wildman–Crippen LogP) is 2.09. The summed E-state index contributed by atoms with van der Waals surface area (Å²) in [7, 11) is 0. The van der Waals surface area contributed by atoms with Crippen molar-refractivity contribution in [3.05, 3.63) is 28.8 Å². The fourth-order valence-corrected chi connectivity index (χ4v) is 2.12. The third-order valence-corrected chi connectivity index (χ3v) is 3.22. The van der Waals surface area contributed by atoms with E-state index >= 15 is 0 Å². The van der Waals surface area contributed by atoms with E-state index in [-0.39, 0.29) is 12.5 Å². The van der Waals surface area contributed by atoms with Crippen LogP contribution in [0.2, 0.25) is 5.02 Å². The van der Waals surface area contributed by atoms with Crippen LogP contribution in [0.25, 0.3) is 0 Å². The molecule has 2 N–H and O–H groups in total. The van der Waals surface area contributed by atoms with E-state index in [1.807, 2.05) is 26.0 Å². The minimum absolute atomic E-state index is 0.00296. The Bertz CT molecular complexity index is 420. The maximum Gasteiger partial charge on any atom is 0.260 e. The molecule has 0 aliphatic rings. The lowest BCUT2D eigenvalue weighted by atomic mass is 10.1. The van der Waals surface area contributed by atoms with Gasteiger partial charge in [0.1, 0.15) is 5.75 Å². The first-order valence-electron chi connectivity index (χ1n) is 6.52. The first-order chi connectivity index (χ1) is 9.13. The molecule has 106 valence electrons. The summed E-state index contributed by atoms with van der Waals surface area (Å²) >= 11 is 6.11. The van der Waals surface area contributed by atoms with Crippen molar-refractivity contribution in [2.24, 2.45) is 5.73 Å². The van der Waals surface area contributed by atoms with Crippen molar-refractivity contribution >= 4 is 17.5 Å². The molecule has 0 fully saturated rings. The molecule has 4 nitrogen and oxygen atoms in total. The Morgan fingerprint density at radius 3 is 2.63 bits per heavy atom.